The lowest BCUT2D eigenvalue weighted by atomic mass is 9.76. The van der Waals surface area contributed by atoms with E-state index in [-0.39, 0.29) is 17.2 Å². The largest absolute Gasteiger partial charge is 0.497 e. The predicted octanol–water partition coefficient (Wildman–Crippen LogP) is 4.46. The first-order chi connectivity index (χ1) is 19.5. The smallest absolute Gasteiger partial charge is 0.272 e. The summed E-state index contributed by atoms with van der Waals surface area (Å²) in [4.78, 5) is 37.7. The van der Waals surface area contributed by atoms with E-state index < -0.39 is 0 Å². The lowest BCUT2D eigenvalue weighted by Crippen LogP contribution is -2.46. The van der Waals surface area contributed by atoms with Crippen molar-refractivity contribution >= 4 is 11.8 Å². The maximum Gasteiger partial charge on any atom is 0.272 e. The molecule has 2 unspecified atom stereocenters. The number of nitrogens with zero attached hydrogens (tertiary/aromatic N) is 4. The van der Waals surface area contributed by atoms with Crippen molar-refractivity contribution in [2.75, 3.05) is 46.4 Å². The fourth-order valence-electron chi connectivity index (χ4n) is 6.91. The van der Waals surface area contributed by atoms with Gasteiger partial charge in [-0.2, -0.15) is 0 Å². The highest BCUT2D eigenvalue weighted by Gasteiger charge is 2.48. The Morgan fingerprint density at radius 2 is 1.65 bits per heavy atom. The zero-order valence-electron chi connectivity index (χ0n) is 23.2. The molecule has 2 amide bonds. The van der Waals surface area contributed by atoms with E-state index in [1.54, 1.807) is 19.4 Å². The van der Waals surface area contributed by atoms with E-state index in [0.717, 1.165) is 63.3 Å². The Morgan fingerprint density at radius 1 is 0.925 bits per heavy atom. The molecule has 6 rings (SSSR count). The molecule has 1 aromatic heterocycles. The molecule has 0 saturated carbocycles. The molecule has 0 radical (unpaired) electrons. The number of aromatic nitrogens is 1. The first kappa shape index (κ1) is 26.5. The molecule has 7 nitrogen and oxygen atoms in total. The third kappa shape index (κ3) is 5.35. The van der Waals surface area contributed by atoms with Gasteiger partial charge in [0.15, 0.2) is 0 Å². The lowest BCUT2D eigenvalue weighted by molar-refractivity contribution is -0.139. The zero-order valence-corrected chi connectivity index (χ0v) is 23.2. The fraction of sp³-hybridized carbons (Fsp3) is 0.424. The molecule has 3 aliphatic rings. The maximum atomic E-state index is 13.6. The minimum absolute atomic E-state index is 0.00938. The number of carbonyl (C=O) groups excluding carboxylic acids is 2. The summed E-state index contributed by atoms with van der Waals surface area (Å²) in [5, 5.41) is 0. The van der Waals surface area contributed by atoms with Crippen molar-refractivity contribution < 1.29 is 14.3 Å². The molecule has 3 aromatic rings. The molecule has 2 aromatic carbocycles. The first-order valence-electron chi connectivity index (χ1n) is 14.4. The van der Waals surface area contributed by atoms with Gasteiger partial charge in [0.25, 0.3) is 5.91 Å². The number of likely N-dealkylation sites (tertiary alicyclic amines) is 3. The molecule has 2 atom stereocenters. The van der Waals surface area contributed by atoms with Crippen LogP contribution in [-0.2, 0) is 11.3 Å². The van der Waals surface area contributed by atoms with E-state index >= 15 is 0 Å². The second-order valence-electron chi connectivity index (χ2n) is 11.6. The standard InChI is InChI=1S/C33H38N4O3/c1-40-28-12-10-25(11-13-28)21-36-20-16-33(32(36)39)14-18-35(19-15-33)22-27-23-37(31(38)30-9-5-6-17-34-30)24-29(27)26-7-3-2-4-8-26/h2-13,17,27,29H,14-16,18-24H2,1H3. The van der Waals surface area contributed by atoms with Crippen LogP contribution >= 0.6 is 0 Å². The van der Waals surface area contributed by atoms with Gasteiger partial charge in [-0.3, -0.25) is 14.6 Å². The molecule has 40 heavy (non-hydrogen) atoms. The summed E-state index contributed by atoms with van der Waals surface area (Å²) < 4.78 is 5.27. The Morgan fingerprint density at radius 3 is 2.35 bits per heavy atom. The van der Waals surface area contributed by atoms with E-state index in [2.05, 4.69) is 34.1 Å². The molecule has 0 bridgehead atoms. The van der Waals surface area contributed by atoms with Crippen molar-refractivity contribution in [2.24, 2.45) is 11.3 Å². The van der Waals surface area contributed by atoms with Gasteiger partial charge in [0.2, 0.25) is 5.91 Å². The Labute approximate surface area is 236 Å². The summed E-state index contributed by atoms with van der Waals surface area (Å²) in [6.45, 7) is 5.71. The summed E-state index contributed by atoms with van der Waals surface area (Å²) in [6.07, 6.45) is 4.44. The lowest BCUT2D eigenvalue weighted by Gasteiger charge is -2.39. The van der Waals surface area contributed by atoms with Crippen molar-refractivity contribution in [1.29, 1.82) is 0 Å². The minimum atomic E-state index is -0.224. The quantitative estimate of drug-likeness (QED) is 0.445. The number of pyridine rings is 1. The third-order valence-electron chi connectivity index (χ3n) is 9.28. The molecule has 3 saturated heterocycles. The van der Waals surface area contributed by atoms with E-state index in [1.807, 2.05) is 52.3 Å². The van der Waals surface area contributed by atoms with Crippen LogP contribution in [-0.4, -0.2) is 77.9 Å². The molecule has 0 N–H and O–H groups in total. The number of hydrogen-bond acceptors (Lipinski definition) is 5. The van der Waals surface area contributed by atoms with Gasteiger partial charge in [-0.25, -0.2) is 0 Å². The number of piperidine rings is 1. The van der Waals surface area contributed by atoms with Crippen LogP contribution in [0.1, 0.15) is 46.8 Å². The van der Waals surface area contributed by atoms with Crippen LogP contribution in [0.3, 0.4) is 0 Å². The highest BCUT2D eigenvalue weighted by atomic mass is 16.5. The zero-order chi connectivity index (χ0) is 27.5. The summed E-state index contributed by atoms with van der Waals surface area (Å²) >= 11 is 0. The molecule has 3 aliphatic heterocycles. The van der Waals surface area contributed by atoms with Gasteiger partial charge in [-0.15, -0.1) is 0 Å². The van der Waals surface area contributed by atoms with Crippen LogP contribution in [0, 0.1) is 11.3 Å². The average Bonchev–Trinajstić information content (AvgIpc) is 3.56. The van der Waals surface area contributed by atoms with E-state index in [4.69, 9.17) is 4.74 Å². The van der Waals surface area contributed by atoms with Crippen LogP contribution in [0.5, 0.6) is 5.75 Å². The normalized spacial score (nSPS) is 22.7. The average molecular weight is 539 g/mol. The summed E-state index contributed by atoms with van der Waals surface area (Å²) in [5.74, 6) is 1.79. The van der Waals surface area contributed by atoms with E-state index in [0.29, 0.717) is 30.6 Å². The predicted molar refractivity (Wildman–Crippen MR) is 154 cm³/mol. The Bertz CT molecular complexity index is 1310. The Balaban J connectivity index is 1.09. The van der Waals surface area contributed by atoms with Crippen LogP contribution in [0.2, 0.25) is 0 Å². The Hall–Kier alpha value is -3.71. The van der Waals surface area contributed by atoms with E-state index in [1.165, 1.54) is 5.56 Å². The molecular weight excluding hydrogens is 500 g/mol. The minimum Gasteiger partial charge on any atom is -0.497 e. The van der Waals surface area contributed by atoms with Crippen molar-refractivity contribution in [3.63, 3.8) is 0 Å². The second-order valence-corrected chi connectivity index (χ2v) is 11.6. The summed E-state index contributed by atoms with van der Waals surface area (Å²) in [7, 11) is 1.67. The molecule has 208 valence electrons. The van der Waals surface area contributed by atoms with Crippen molar-refractivity contribution in [3.05, 3.63) is 95.8 Å². The number of amides is 2. The SMILES string of the molecule is COc1ccc(CN2CCC3(CCN(CC4CN(C(=O)c5ccccn5)CC4c4ccccc4)CC3)C2=O)cc1. The maximum absolute atomic E-state index is 13.6. The van der Waals surface area contributed by atoms with Crippen LogP contribution in [0.4, 0.5) is 0 Å². The molecule has 4 heterocycles. The molecule has 1 spiro atoms. The second kappa shape index (κ2) is 11.4. The first-order valence-corrected chi connectivity index (χ1v) is 14.4. The van der Waals surface area contributed by atoms with Gasteiger partial charge in [0.1, 0.15) is 11.4 Å². The van der Waals surface area contributed by atoms with Gasteiger partial charge in [0.05, 0.1) is 12.5 Å². The number of ether oxygens (including phenoxy) is 1. The van der Waals surface area contributed by atoms with Gasteiger partial charge in [-0.1, -0.05) is 48.5 Å². The summed E-state index contributed by atoms with van der Waals surface area (Å²) in [5.41, 5.74) is 2.71. The summed E-state index contributed by atoms with van der Waals surface area (Å²) in [6, 6.07) is 24.1. The van der Waals surface area contributed by atoms with Gasteiger partial charge < -0.3 is 19.4 Å². The highest BCUT2D eigenvalue weighted by molar-refractivity contribution is 5.92. The number of benzene rings is 2. The van der Waals surface area contributed by atoms with Crippen molar-refractivity contribution in [3.8, 4) is 5.75 Å². The number of rotatable bonds is 7. The van der Waals surface area contributed by atoms with E-state index in [9.17, 15) is 9.59 Å². The third-order valence-corrected chi connectivity index (χ3v) is 9.28. The van der Waals surface area contributed by atoms with Crippen LogP contribution < -0.4 is 4.74 Å². The molecule has 3 fully saturated rings. The van der Waals surface area contributed by atoms with Crippen molar-refractivity contribution in [1.82, 2.24) is 19.7 Å². The van der Waals surface area contributed by atoms with Crippen molar-refractivity contribution in [2.45, 2.75) is 31.7 Å². The number of carbonyl (C=O) groups is 2. The number of hydrogen-bond donors (Lipinski definition) is 0. The topological polar surface area (TPSA) is 66.0 Å². The number of methoxy groups -OCH3 is 1. The highest BCUT2D eigenvalue weighted by Crippen LogP contribution is 2.43. The monoisotopic (exact) mass is 538 g/mol. The molecule has 0 aliphatic carbocycles. The van der Waals surface area contributed by atoms with Gasteiger partial charge >= 0.3 is 0 Å². The fourth-order valence-corrected chi connectivity index (χ4v) is 6.91. The van der Waals surface area contributed by atoms with Gasteiger partial charge in [0, 0.05) is 44.8 Å². The Kier molecular flexibility index (Phi) is 7.57. The molecule has 7 heteroatoms. The van der Waals surface area contributed by atoms with Crippen LogP contribution in [0.15, 0.2) is 79.0 Å². The van der Waals surface area contributed by atoms with Gasteiger partial charge in [-0.05, 0) is 73.7 Å². The van der Waals surface area contributed by atoms with Crippen LogP contribution in [0.25, 0.3) is 0 Å². The molecular formula is C33H38N4O3.